The fraction of sp³-hybridized carbons (Fsp3) is 0.667. The maximum Gasteiger partial charge on any atom is 0.126 e. The van der Waals surface area contributed by atoms with Crippen LogP contribution in [-0.4, -0.2) is 18.1 Å². The van der Waals surface area contributed by atoms with E-state index < -0.39 is 0 Å². The fourth-order valence-electron chi connectivity index (χ4n) is 2.67. The molecule has 0 aliphatic heterocycles. The summed E-state index contributed by atoms with van der Waals surface area (Å²) < 4.78 is 6.01. The van der Waals surface area contributed by atoms with Crippen molar-refractivity contribution in [2.75, 3.05) is 12.4 Å². The number of ether oxygens (including phenoxy) is 1. The number of rotatable bonds is 5. The minimum Gasteiger partial charge on any atom is -0.373 e. The Labute approximate surface area is 110 Å². The summed E-state index contributed by atoms with van der Waals surface area (Å²) >= 11 is 0. The van der Waals surface area contributed by atoms with Gasteiger partial charge in [0.15, 0.2) is 0 Å². The first-order valence-electron chi connectivity index (χ1n) is 7.07. The highest BCUT2D eigenvalue weighted by Crippen LogP contribution is 2.28. The summed E-state index contributed by atoms with van der Waals surface area (Å²) in [5.41, 5.74) is 1.01. The van der Waals surface area contributed by atoms with Crippen LogP contribution >= 0.6 is 0 Å². The lowest BCUT2D eigenvalue weighted by Crippen LogP contribution is -2.22. The fourth-order valence-corrected chi connectivity index (χ4v) is 2.67. The number of nitrogens with zero attached hydrogens (tertiary/aromatic N) is 1. The van der Waals surface area contributed by atoms with Crippen LogP contribution in [0, 0.1) is 5.92 Å². The molecule has 1 aromatic rings. The number of hydrogen-bond donors (Lipinski definition) is 1. The first-order chi connectivity index (χ1) is 8.81. The summed E-state index contributed by atoms with van der Waals surface area (Å²) in [7, 11) is 1.89. The predicted molar refractivity (Wildman–Crippen MR) is 74.6 cm³/mol. The Kier molecular flexibility index (Phi) is 5.00. The molecule has 0 saturated heterocycles. The molecule has 2 unspecified atom stereocenters. The van der Waals surface area contributed by atoms with Gasteiger partial charge in [0, 0.05) is 7.05 Å². The largest absolute Gasteiger partial charge is 0.373 e. The van der Waals surface area contributed by atoms with Gasteiger partial charge in [-0.2, -0.15) is 0 Å². The molecule has 3 nitrogen and oxygen atoms in total. The van der Waals surface area contributed by atoms with Gasteiger partial charge in [0.05, 0.1) is 18.4 Å². The van der Waals surface area contributed by atoms with Crippen LogP contribution in [0.5, 0.6) is 0 Å². The number of hydrogen-bond acceptors (Lipinski definition) is 3. The molecule has 1 aliphatic carbocycles. The molecule has 2 atom stereocenters. The van der Waals surface area contributed by atoms with Gasteiger partial charge in [-0.3, -0.25) is 0 Å². The van der Waals surface area contributed by atoms with E-state index in [4.69, 9.17) is 4.74 Å². The molecule has 3 heteroatoms. The zero-order valence-corrected chi connectivity index (χ0v) is 11.5. The lowest BCUT2D eigenvalue weighted by molar-refractivity contribution is 0.000394. The SMILES string of the molecule is CCC1CCCC(OCc2cccc(NC)n2)C1. The quantitative estimate of drug-likeness (QED) is 0.864. The van der Waals surface area contributed by atoms with Crippen LogP contribution < -0.4 is 5.32 Å². The van der Waals surface area contributed by atoms with Gasteiger partial charge < -0.3 is 10.1 Å². The Morgan fingerprint density at radius 3 is 3.06 bits per heavy atom. The summed E-state index contributed by atoms with van der Waals surface area (Å²) in [5.74, 6) is 1.77. The monoisotopic (exact) mass is 248 g/mol. The van der Waals surface area contributed by atoms with Gasteiger partial charge in [0.2, 0.25) is 0 Å². The Morgan fingerprint density at radius 1 is 1.39 bits per heavy atom. The number of nitrogens with one attached hydrogen (secondary N) is 1. The lowest BCUT2D eigenvalue weighted by atomic mass is 9.85. The predicted octanol–water partition coefficient (Wildman–Crippen LogP) is 3.61. The summed E-state index contributed by atoms with van der Waals surface area (Å²) in [6.45, 7) is 2.92. The highest BCUT2D eigenvalue weighted by Gasteiger charge is 2.21. The highest BCUT2D eigenvalue weighted by molar-refractivity contribution is 5.34. The Balaban J connectivity index is 1.83. The van der Waals surface area contributed by atoms with Crippen molar-refractivity contribution in [1.29, 1.82) is 0 Å². The summed E-state index contributed by atoms with van der Waals surface area (Å²) in [6, 6.07) is 6.02. The van der Waals surface area contributed by atoms with Crippen LogP contribution in [0.2, 0.25) is 0 Å². The van der Waals surface area contributed by atoms with Gasteiger partial charge in [-0.15, -0.1) is 0 Å². The zero-order chi connectivity index (χ0) is 12.8. The number of pyridine rings is 1. The van der Waals surface area contributed by atoms with E-state index in [2.05, 4.69) is 17.2 Å². The molecule has 1 saturated carbocycles. The Bertz CT molecular complexity index is 367. The number of aromatic nitrogens is 1. The van der Waals surface area contributed by atoms with Crippen molar-refractivity contribution in [3.05, 3.63) is 23.9 Å². The molecule has 18 heavy (non-hydrogen) atoms. The summed E-state index contributed by atoms with van der Waals surface area (Å²) in [6.07, 6.45) is 6.85. The van der Waals surface area contributed by atoms with Gasteiger partial charge in [-0.05, 0) is 30.9 Å². The summed E-state index contributed by atoms with van der Waals surface area (Å²) in [4.78, 5) is 4.48. The second kappa shape index (κ2) is 6.74. The average Bonchev–Trinajstić information content (AvgIpc) is 2.45. The minimum atomic E-state index is 0.434. The van der Waals surface area contributed by atoms with Crippen molar-refractivity contribution in [3.63, 3.8) is 0 Å². The molecule has 2 rings (SSSR count). The molecule has 1 fully saturated rings. The van der Waals surface area contributed by atoms with Crippen LogP contribution in [0.4, 0.5) is 5.82 Å². The molecule has 1 aliphatic rings. The van der Waals surface area contributed by atoms with Crippen molar-refractivity contribution in [1.82, 2.24) is 4.98 Å². The minimum absolute atomic E-state index is 0.434. The van der Waals surface area contributed by atoms with Crippen LogP contribution in [0.3, 0.4) is 0 Å². The van der Waals surface area contributed by atoms with Crippen LogP contribution in [0.25, 0.3) is 0 Å². The standard InChI is InChI=1S/C15H24N2O/c1-3-12-6-4-8-14(10-12)18-11-13-7-5-9-15(16-2)17-13/h5,7,9,12,14H,3-4,6,8,10-11H2,1-2H3,(H,16,17). The van der Waals surface area contributed by atoms with Crippen molar-refractivity contribution in [2.24, 2.45) is 5.92 Å². The molecular weight excluding hydrogens is 224 g/mol. The molecule has 0 radical (unpaired) electrons. The lowest BCUT2D eigenvalue weighted by Gasteiger charge is -2.28. The van der Waals surface area contributed by atoms with E-state index >= 15 is 0 Å². The van der Waals surface area contributed by atoms with Gasteiger partial charge in [0.25, 0.3) is 0 Å². The first kappa shape index (κ1) is 13.3. The van der Waals surface area contributed by atoms with Crippen LogP contribution in [0.15, 0.2) is 18.2 Å². The van der Waals surface area contributed by atoms with Gasteiger partial charge in [-0.25, -0.2) is 4.98 Å². The molecule has 100 valence electrons. The molecule has 1 heterocycles. The molecule has 0 bridgehead atoms. The van der Waals surface area contributed by atoms with E-state index in [-0.39, 0.29) is 0 Å². The maximum absolute atomic E-state index is 6.01. The van der Waals surface area contributed by atoms with Crippen molar-refractivity contribution in [2.45, 2.75) is 51.7 Å². The van der Waals surface area contributed by atoms with Crippen LogP contribution in [-0.2, 0) is 11.3 Å². The van der Waals surface area contributed by atoms with E-state index in [0.717, 1.165) is 17.4 Å². The molecule has 1 aromatic heterocycles. The highest BCUT2D eigenvalue weighted by atomic mass is 16.5. The molecule has 0 amide bonds. The normalized spacial score (nSPS) is 23.9. The van der Waals surface area contributed by atoms with Gasteiger partial charge in [0.1, 0.15) is 5.82 Å². The Hall–Kier alpha value is -1.09. The van der Waals surface area contributed by atoms with Crippen molar-refractivity contribution >= 4 is 5.82 Å². The van der Waals surface area contributed by atoms with E-state index in [1.54, 1.807) is 0 Å². The number of anilines is 1. The Morgan fingerprint density at radius 2 is 2.28 bits per heavy atom. The third kappa shape index (κ3) is 3.70. The van der Waals surface area contributed by atoms with Gasteiger partial charge >= 0.3 is 0 Å². The van der Waals surface area contributed by atoms with Crippen molar-refractivity contribution < 1.29 is 4.74 Å². The third-order valence-electron chi connectivity index (χ3n) is 3.84. The van der Waals surface area contributed by atoms with E-state index in [1.165, 1.54) is 32.1 Å². The van der Waals surface area contributed by atoms with E-state index in [1.807, 2.05) is 25.2 Å². The molecule has 0 spiro atoms. The third-order valence-corrected chi connectivity index (χ3v) is 3.84. The van der Waals surface area contributed by atoms with Crippen LogP contribution in [0.1, 0.15) is 44.7 Å². The zero-order valence-electron chi connectivity index (χ0n) is 11.5. The average molecular weight is 248 g/mol. The molecule has 1 N–H and O–H groups in total. The molecule has 0 aromatic carbocycles. The summed E-state index contributed by atoms with van der Waals surface area (Å²) in [5, 5.41) is 3.05. The van der Waals surface area contributed by atoms with Crippen molar-refractivity contribution in [3.8, 4) is 0 Å². The topological polar surface area (TPSA) is 34.1 Å². The second-order valence-corrected chi connectivity index (χ2v) is 5.14. The van der Waals surface area contributed by atoms with E-state index in [0.29, 0.717) is 12.7 Å². The second-order valence-electron chi connectivity index (χ2n) is 5.14. The van der Waals surface area contributed by atoms with Gasteiger partial charge in [-0.1, -0.05) is 32.3 Å². The smallest absolute Gasteiger partial charge is 0.126 e. The first-order valence-corrected chi connectivity index (χ1v) is 7.07. The van der Waals surface area contributed by atoms with E-state index in [9.17, 15) is 0 Å². The maximum atomic E-state index is 6.01. The molecular formula is C15H24N2O.